The van der Waals surface area contributed by atoms with Gasteiger partial charge in [-0.15, -0.1) is 0 Å². The van der Waals surface area contributed by atoms with E-state index >= 15 is 0 Å². The summed E-state index contributed by atoms with van der Waals surface area (Å²) in [5.74, 6) is -2.34. The first kappa shape index (κ1) is 15.2. The van der Waals surface area contributed by atoms with E-state index in [4.69, 9.17) is 14.6 Å². The molecule has 19 heavy (non-hydrogen) atoms. The van der Waals surface area contributed by atoms with E-state index < -0.39 is 17.9 Å². The molecule has 0 spiro atoms. The van der Waals surface area contributed by atoms with Crippen LogP contribution in [0.5, 0.6) is 11.5 Å². The number of benzene rings is 1. The van der Waals surface area contributed by atoms with Crippen LogP contribution in [0.1, 0.15) is 12.5 Å². The first-order valence-corrected chi connectivity index (χ1v) is 6.35. The molecule has 0 aromatic heterocycles. The van der Waals surface area contributed by atoms with Crippen molar-refractivity contribution in [2.75, 3.05) is 5.33 Å². The Hall–Kier alpha value is -1.89. The van der Waals surface area contributed by atoms with Gasteiger partial charge in [0.1, 0.15) is 5.33 Å². The molecule has 7 heteroatoms. The van der Waals surface area contributed by atoms with Crippen LogP contribution in [0.2, 0.25) is 0 Å². The molecule has 0 atom stereocenters. The molecule has 0 unspecified atom stereocenters. The summed E-state index contributed by atoms with van der Waals surface area (Å²) in [4.78, 5) is 33.0. The molecule has 0 heterocycles. The molecule has 6 nitrogen and oxygen atoms in total. The zero-order chi connectivity index (χ0) is 14.4. The number of alkyl halides is 1. The van der Waals surface area contributed by atoms with Gasteiger partial charge in [-0.1, -0.05) is 28.1 Å². The second kappa shape index (κ2) is 6.89. The average Bonchev–Trinajstić information content (AvgIpc) is 2.31. The lowest BCUT2D eigenvalue weighted by atomic mass is 10.1. The maximum atomic E-state index is 11.3. The van der Waals surface area contributed by atoms with Crippen molar-refractivity contribution >= 4 is 33.8 Å². The first-order chi connectivity index (χ1) is 8.93. The standard InChI is InChI=1S/C12H11BrO6/c1-7(14)18-9-4-2-3-8(5-10(15)16)12(9)19-11(17)6-13/h2-4H,5-6H2,1H3,(H,15,16). The molecular weight excluding hydrogens is 320 g/mol. The summed E-state index contributed by atoms with van der Waals surface area (Å²) < 4.78 is 9.89. The van der Waals surface area contributed by atoms with Crippen LogP contribution in [0.3, 0.4) is 0 Å². The lowest BCUT2D eigenvalue weighted by molar-refractivity contribution is -0.136. The van der Waals surface area contributed by atoms with E-state index in [0.717, 1.165) is 0 Å². The molecule has 0 aliphatic heterocycles. The highest BCUT2D eigenvalue weighted by molar-refractivity contribution is 9.09. The third kappa shape index (κ3) is 4.70. The van der Waals surface area contributed by atoms with E-state index in [1.54, 1.807) is 0 Å². The van der Waals surface area contributed by atoms with Crippen molar-refractivity contribution in [1.82, 2.24) is 0 Å². The van der Waals surface area contributed by atoms with Crippen molar-refractivity contribution in [3.05, 3.63) is 23.8 Å². The third-order valence-electron chi connectivity index (χ3n) is 1.98. The van der Waals surface area contributed by atoms with E-state index in [9.17, 15) is 14.4 Å². The number of halogens is 1. The van der Waals surface area contributed by atoms with E-state index in [0.29, 0.717) is 0 Å². The monoisotopic (exact) mass is 330 g/mol. The topological polar surface area (TPSA) is 89.9 Å². The molecule has 0 aliphatic carbocycles. The van der Waals surface area contributed by atoms with Gasteiger partial charge >= 0.3 is 17.9 Å². The van der Waals surface area contributed by atoms with Gasteiger partial charge in [-0.05, 0) is 6.07 Å². The number of esters is 2. The number of carboxylic acids is 1. The van der Waals surface area contributed by atoms with Gasteiger partial charge in [-0.3, -0.25) is 14.4 Å². The second-order valence-electron chi connectivity index (χ2n) is 3.52. The number of hydrogen-bond donors (Lipinski definition) is 1. The molecule has 1 rings (SSSR count). The van der Waals surface area contributed by atoms with Crippen molar-refractivity contribution in [2.24, 2.45) is 0 Å². The van der Waals surface area contributed by atoms with Crippen LogP contribution < -0.4 is 9.47 Å². The average molecular weight is 331 g/mol. The van der Waals surface area contributed by atoms with Crippen LogP contribution >= 0.6 is 15.9 Å². The van der Waals surface area contributed by atoms with Gasteiger partial charge < -0.3 is 14.6 Å². The van der Waals surface area contributed by atoms with Gasteiger partial charge in [0.05, 0.1) is 6.42 Å². The van der Waals surface area contributed by atoms with Crippen LogP contribution in [0, 0.1) is 0 Å². The summed E-state index contributed by atoms with van der Waals surface area (Å²) in [6.45, 7) is 1.19. The highest BCUT2D eigenvalue weighted by atomic mass is 79.9. The molecule has 0 aliphatic rings. The molecule has 0 amide bonds. The molecule has 1 aromatic carbocycles. The summed E-state index contributed by atoms with van der Waals surface area (Å²) in [5, 5.41) is 8.74. The van der Waals surface area contributed by atoms with Crippen LogP contribution in [-0.2, 0) is 20.8 Å². The highest BCUT2D eigenvalue weighted by Crippen LogP contribution is 2.32. The molecule has 102 valence electrons. The summed E-state index contributed by atoms with van der Waals surface area (Å²) in [6, 6.07) is 4.42. The number of para-hydroxylation sites is 1. The maximum Gasteiger partial charge on any atom is 0.322 e. The van der Waals surface area contributed by atoms with Crippen LogP contribution in [0.25, 0.3) is 0 Å². The van der Waals surface area contributed by atoms with Gasteiger partial charge in [0.25, 0.3) is 0 Å². The van der Waals surface area contributed by atoms with Crippen molar-refractivity contribution in [2.45, 2.75) is 13.3 Å². The number of ether oxygens (including phenoxy) is 2. The molecule has 0 fully saturated rings. The third-order valence-corrected chi connectivity index (χ3v) is 2.44. The number of hydrogen-bond acceptors (Lipinski definition) is 5. The van der Waals surface area contributed by atoms with E-state index in [-0.39, 0.29) is 28.8 Å². The summed E-state index contributed by atoms with van der Waals surface area (Å²) >= 11 is 2.92. The Bertz CT molecular complexity index is 477. The second-order valence-corrected chi connectivity index (χ2v) is 4.08. The number of aliphatic carboxylic acids is 1. The summed E-state index contributed by atoms with van der Waals surface area (Å²) in [5.41, 5.74) is 0.251. The van der Waals surface area contributed by atoms with Crippen LogP contribution in [0.15, 0.2) is 18.2 Å². The molecule has 1 N–H and O–H groups in total. The fraction of sp³-hybridized carbons (Fsp3) is 0.250. The van der Waals surface area contributed by atoms with Gasteiger partial charge in [0.15, 0.2) is 11.5 Å². The number of carboxylic acid groups (broad SMARTS) is 1. The number of carbonyl (C=O) groups is 3. The lowest BCUT2D eigenvalue weighted by Gasteiger charge is -2.12. The summed E-state index contributed by atoms with van der Waals surface area (Å²) in [6.07, 6.45) is -0.347. The molecule has 0 bridgehead atoms. The highest BCUT2D eigenvalue weighted by Gasteiger charge is 2.17. The lowest BCUT2D eigenvalue weighted by Crippen LogP contribution is -2.14. The van der Waals surface area contributed by atoms with Gasteiger partial charge in [-0.2, -0.15) is 0 Å². The minimum absolute atomic E-state index is 0.0144. The van der Waals surface area contributed by atoms with Crippen molar-refractivity contribution in [3.63, 3.8) is 0 Å². The molecule has 0 saturated carbocycles. The summed E-state index contributed by atoms with van der Waals surface area (Å²) in [7, 11) is 0. The number of rotatable bonds is 5. The molecule has 1 aromatic rings. The Kier molecular flexibility index (Phi) is 5.50. The Morgan fingerprint density at radius 3 is 2.47 bits per heavy atom. The quantitative estimate of drug-likeness (QED) is 0.500. The molecular formula is C12H11BrO6. The van der Waals surface area contributed by atoms with Crippen molar-refractivity contribution < 1.29 is 29.0 Å². The van der Waals surface area contributed by atoms with Gasteiger partial charge in [-0.25, -0.2) is 0 Å². The normalized spacial score (nSPS) is 9.79. The van der Waals surface area contributed by atoms with Crippen LogP contribution in [-0.4, -0.2) is 28.3 Å². The van der Waals surface area contributed by atoms with Gasteiger partial charge in [0.2, 0.25) is 0 Å². The van der Waals surface area contributed by atoms with E-state index in [1.165, 1.54) is 25.1 Å². The molecule has 0 radical (unpaired) electrons. The Morgan fingerprint density at radius 1 is 1.26 bits per heavy atom. The minimum atomic E-state index is -1.09. The maximum absolute atomic E-state index is 11.3. The smallest absolute Gasteiger partial charge is 0.322 e. The van der Waals surface area contributed by atoms with Crippen molar-refractivity contribution in [1.29, 1.82) is 0 Å². The zero-order valence-corrected chi connectivity index (χ0v) is 11.6. The molecule has 0 saturated heterocycles. The van der Waals surface area contributed by atoms with Crippen molar-refractivity contribution in [3.8, 4) is 11.5 Å². The van der Waals surface area contributed by atoms with E-state index in [1.807, 2.05) is 0 Å². The van der Waals surface area contributed by atoms with Gasteiger partial charge in [0, 0.05) is 12.5 Å². The predicted octanol–water partition coefficient (Wildman–Crippen LogP) is 1.54. The van der Waals surface area contributed by atoms with E-state index in [2.05, 4.69) is 15.9 Å². The van der Waals surface area contributed by atoms with Crippen LogP contribution in [0.4, 0.5) is 0 Å². The Balaban J connectivity index is 3.18. The number of carbonyl (C=O) groups excluding carboxylic acids is 2. The fourth-order valence-electron chi connectivity index (χ4n) is 1.36. The minimum Gasteiger partial charge on any atom is -0.481 e. The Labute approximate surface area is 117 Å². The largest absolute Gasteiger partial charge is 0.481 e. The predicted molar refractivity (Wildman–Crippen MR) is 68.5 cm³/mol. The Morgan fingerprint density at radius 2 is 1.95 bits per heavy atom. The fourth-order valence-corrected chi connectivity index (χ4v) is 1.47. The zero-order valence-electron chi connectivity index (χ0n) is 10.0. The SMILES string of the molecule is CC(=O)Oc1cccc(CC(=O)O)c1OC(=O)CBr. The first-order valence-electron chi connectivity index (χ1n) is 5.22.